The Morgan fingerprint density at radius 3 is 2.23 bits per heavy atom. The minimum absolute atomic E-state index is 0.0606. The fraction of sp³-hybridized carbons (Fsp3) is 0.889. The average molecular weight is 185 g/mol. The van der Waals surface area contributed by atoms with Gasteiger partial charge in [-0.2, -0.15) is 0 Å². The molecular formula is C9H17BFNO. The lowest BCUT2D eigenvalue weighted by Gasteiger charge is -2.25. The van der Waals surface area contributed by atoms with Gasteiger partial charge in [-0.1, -0.05) is 20.8 Å². The van der Waals surface area contributed by atoms with E-state index in [1.165, 1.54) is 7.85 Å². The van der Waals surface area contributed by atoms with E-state index in [1.807, 2.05) is 20.8 Å². The summed E-state index contributed by atoms with van der Waals surface area (Å²) in [5, 5.41) is 2.79. The third-order valence-electron chi connectivity index (χ3n) is 2.59. The van der Waals surface area contributed by atoms with Crippen molar-refractivity contribution < 1.29 is 9.18 Å². The highest BCUT2D eigenvalue weighted by atomic mass is 19.1. The smallest absolute Gasteiger partial charge is 0.225 e. The van der Waals surface area contributed by atoms with Crippen LogP contribution in [0.25, 0.3) is 0 Å². The summed E-state index contributed by atoms with van der Waals surface area (Å²) in [5.41, 5.74) is -0.963. The third-order valence-corrected chi connectivity index (χ3v) is 2.59. The normalized spacial score (nSPS) is 22.2. The fourth-order valence-corrected chi connectivity index (χ4v) is 1.17. The molecule has 0 aromatic rings. The summed E-state index contributed by atoms with van der Waals surface area (Å²) < 4.78 is 13.1. The first-order valence-corrected chi connectivity index (χ1v) is 4.75. The van der Waals surface area contributed by atoms with E-state index in [1.54, 1.807) is 0 Å². The van der Waals surface area contributed by atoms with Crippen molar-refractivity contribution in [3.05, 3.63) is 0 Å². The second-order valence-corrected chi connectivity index (χ2v) is 4.98. The van der Waals surface area contributed by atoms with Gasteiger partial charge < -0.3 is 5.32 Å². The van der Waals surface area contributed by atoms with E-state index in [0.717, 1.165) is 12.8 Å². The van der Waals surface area contributed by atoms with E-state index < -0.39 is 17.0 Å². The summed E-state index contributed by atoms with van der Waals surface area (Å²) in [6, 6.07) is 0. The maximum atomic E-state index is 13.1. The predicted octanol–water partition coefficient (Wildman–Crippen LogP) is 0.610. The van der Waals surface area contributed by atoms with Gasteiger partial charge in [-0.05, 0) is 12.8 Å². The molecule has 2 nitrogen and oxygen atoms in total. The SMILES string of the molecule is BC(F)C1(NC(=O)C(C)(C)C)CC1. The summed E-state index contributed by atoms with van der Waals surface area (Å²) in [4.78, 5) is 11.5. The van der Waals surface area contributed by atoms with Gasteiger partial charge in [0.15, 0.2) is 0 Å². The van der Waals surface area contributed by atoms with Gasteiger partial charge in [-0.25, -0.2) is 0 Å². The lowest BCUT2D eigenvalue weighted by Crippen LogP contribution is -2.48. The first-order valence-electron chi connectivity index (χ1n) is 4.75. The van der Waals surface area contributed by atoms with Crippen LogP contribution in [0.5, 0.6) is 0 Å². The number of hydrogen-bond acceptors (Lipinski definition) is 1. The lowest BCUT2D eigenvalue weighted by molar-refractivity contribution is -0.129. The number of rotatable bonds is 2. The topological polar surface area (TPSA) is 29.1 Å². The van der Waals surface area contributed by atoms with Crippen LogP contribution >= 0.6 is 0 Å². The monoisotopic (exact) mass is 185 g/mol. The van der Waals surface area contributed by atoms with Gasteiger partial charge in [0.05, 0.1) is 11.6 Å². The van der Waals surface area contributed by atoms with E-state index in [9.17, 15) is 9.18 Å². The van der Waals surface area contributed by atoms with Crippen molar-refractivity contribution in [1.82, 2.24) is 5.32 Å². The highest BCUT2D eigenvalue weighted by molar-refractivity contribution is 6.12. The molecule has 1 atom stereocenters. The Hall–Kier alpha value is -0.535. The van der Waals surface area contributed by atoms with Gasteiger partial charge in [0.2, 0.25) is 5.91 Å². The molecule has 0 bridgehead atoms. The van der Waals surface area contributed by atoms with Crippen LogP contribution in [-0.2, 0) is 4.79 Å². The zero-order chi connectivity index (χ0) is 10.3. The van der Waals surface area contributed by atoms with Gasteiger partial charge in [-0.3, -0.25) is 9.18 Å². The van der Waals surface area contributed by atoms with Crippen molar-refractivity contribution in [2.24, 2.45) is 5.41 Å². The second kappa shape index (κ2) is 3.00. The first-order chi connectivity index (χ1) is 5.78. The molecule has 0 saturated heterocycles. The Morgan fingerprint density at radius 1 is 1.54 bits per heavy atom. The minimum atomic E-state index is -0.946. The van der Waals surface area contributed by atoms with Crippen LogP contribution in [0.1, 0.15) is 33.6 Å². The molecule has 0 radical (unpaired) electrons. The maximum Gasteiger partial charge on any atom is 0.225 e. The summed E-state index contributed by atoms with van der Waals surface area (Å²) in [7, 11) is 1.51. The number of carbonyl (C=O) groups is 1. The van der Waals surface area contributed by atoms with Crippen molar-refractivity contribution in [2.75, 3.05) is 0 Å². The fourth-order valence-electron chi connectivity index (χ4n) is 1.17. The molecular weight excluding hydrogens is 168 g/mol. The van der Waals surface area contributed by atoms with Gasteiger partial charge in [-0.15, -0.1) is 0 Å². The van der Waals surface area contributed by atoms with Crippen LogP contribution < -0.4 is 5.32 Å². The Kier molecular flexibility index (Phi) is 2.43. The molecule has 1 aliphatic carbocycles. The average Bonchev–Trinajstić information content (AvgIpc) is 2.66. The molecule has 1 N–H and O–H groups in total. The Labute approximate surface area is 79.7 Å². The molecule has 1 unspecified atom stereocenters. The van der Waals surface area contributed by atoms with Crippen LogP contribution in [0.4, 0.5) is 4.39 Å². The van der Waals surface area contributed by atoms with Crippen molar-refractivity contribution in [3.63, 3.8) is 0 Å². The van der Waals surface area contributed by atoms with Gasteiger partial charge >= 0.3 is 0 Å². The predicted molar refractivity (Wildman–Crippen MR) is 53.0 cm³/mol. The lowest BCUT2D eigenvalue weighted by atomic mass is 9.89. The Balaban J connectivity index is 2.55. The molecule has 0 aromatic heterocycles. The number of alkyl halides is 1. The molecule has 0 aliphatic heterocycles. The summed E-state index contributed by atoms with van der Waals surface area (Å²) in [6.07, 6.45) is 0.595. The third kappa shape index (κ3) is 2.23. The van der Waals surface area contributed by atoms with E-state index in [-0.39, 0.29) is 5.91 Å². The molecule has 1 saturated carbocycles. The molecule has 0 aromatic carbocycles. The summed E-state index contributed by atoms with van der Waals surface area (Å²) in [5.74, 6) is -0.0606. The molecule has 1 amide bonds. The van der Waals surface area contributed by atoms with E-state index >= 15 is 0 Å². The Bertz CT molecular complexity index is 218. The number of halogens is 1. The summed E-state index contributed by atoms with van der Waals surface area (Å²) in [6.45, 7) is 5.50. The minimum Gasteiger partial charge on any atom is -0.348 e. The van der Waals surface area contributed by atoms with Gasteiger partial charge in [0, 0.05) is 5.41 Å². The van der Waals surface area contributed by atoms with E-state index in [4.69, 9.17) is 0 Å². The van der Waals surface area contributed by atoms with Gasteiger partial charge in [0.25, 0.3) is 0 Å². The van der Waals surface area contributed by atoms with E-state index in [0.29, 0.717) is 0 Å². The van der Waals surface area contributed by atoms with Crippen molar-refractivity contribution in [3.8, 4) is 0 Å². The zero-order valence-electron chi connectivity index (χ0n) is 8.78. The Morgan fingerprint density at radius 2 is 2.00 bits per heavy atom. The molecule has 1 fully saturated rings. The standard InChI is InChI=1S/C9H17BFNO/c1-8(2,3)7(13)12-9(4-5-9)6(10)11/h6H,4-5,10H2,1-3H3,(H,12,13). The molecule has 1 rings (SSSR count). The highest BCUT2D eigenvalue weighted by Crippen LogP contribution is 2.39. The zero-order valence-corrected chi connectivity index (χ0v) is 8.78. The summed E-state index contributed by atoms with van der Waals surface area (Å²) >= 11 is 0. The molecule has 4 heteroatoms. The molecule has 13 heavy (non-hydrogen) atoms. The number of carbonyl (C=O) groups excluding carboxylic acids is 1. The van der Waals surface area contributed by atoms with Crippen LogP contribution in [0.3, 0.4) is 0 Å². The van der Waals surface area contributed by atoms with Crippen molar-refractivity contribution in [2.45, 2.75) is 45.2 Å². The molecule has 0 heterocycles. The number of amides is 1. The van der Waals surface area contributed by atoms with Crippen molar-refractivity contribution in [1.29, 1.82) is 0 Å². The largest absolute Gasteiger partial charge is 0.348 e. The molecule has 74 valence electrons. The second-order valence-electron chi connectivity index (χ2n) is 4.98. The number of hydrogen-bond donors (Lipinski definition) is 1. The first kappa shape index (κ1) is 10.5. The van der Waals surface area contributed by atoms with Crippen LogP contribution in [-0.4, -0.2) is 25.4 Å². The van der Waals surface area contributed by atoms with Crippen molar-refractivity contribution >= 4 is 13.8 Å². The molecule has 0 spiro atoms. The van der Waals surface area contributed by atoms with Crippen LogP contribution in [0.15, 0.2) is 0 Å². The molecule has 1 aliphatic rings. The maximum absolute atomic E-state index is 13.1. The van der Waals surface area contributed by atoms with E-state index in [2.05, 4.69) is 5.32 Å². The van der Waals surface area contributed by atoms with Crippen LogP contribution in [0.2, 0.25) is 0 Å². The van der Waals surface area contributed by atoms with Gasteiger partial charge in [0.1, 0.15) is 7.85 Å². The highest BCUT2D eigenvalue weighted by Gasteiger charge is 2.49. The van der Waals surface area contributed by atoms with Crippen LogP contribution in [0, 0.1) is 5.41 Å². The number of nitrogens with one attached hydrogen (secondary N) is 1. The quantitative estimate of drug-likeness (QED) is 0.627.